The lowest BCUT2D eigenvalue weighted by atomic mass is 9.79. The molecule has 0 spiro atoms. The van der Waals surface area contributed by atoms with Crippen molar-refractivity contribution in [2.45, 2.75) is 32.6 Å². The number of ether oxygens (including phenoxy) is 1. The molecule has 4 nitrogen and oxygen atoms in total. The van der Waals surface area contributed by atoms with Crippen LogP contribution >= 0.6 is 0 Å². The Hall–Kier alpha value is -1.55. The maximum absolute atomic E-state index is 12.2. The van der Waals surface area contributed by atoms with E-state index < -0.39 is 0 Å². The normalized spacial score (nSPS) is 21.8. The average Bonchev–Trinajstić information content (AvgIpc) is 2.54. The van der Waals surface area contributed by atoms with Crippen LogP contribution in [0.15, 0.2) is 24.3 Å². The van der Waals surface area contributed by atoms with Crippen molar-refractivity contribution in [1.29, 1.82) is 0 Å². The first-order chi connectivity index (χ1) is 10.2. The van der Waals surface area contributed by atoms with Gasteiger partial charge in [0.1, 0.15) is 5.75 Å². The van der Waals surface area contributed by atoms with E-state index in [1.165, 1.54) is 25.7 Å². The minimum Gasteiger partial charge on any atom is -0.494 e. The highest BCUT2D eigenvalue weighted by Gasteiger charge is 2.24. The lowest BCUT2D eigenvalue weighted by Crippen LogP contribution is -2.36. The maximum Gasteiger partial charge on any atom is 0.251 e. The minimum absolute atomic E-state index is 0.0145. The number of nitrogens with one attached hydrogen (secondary N) is 1. The van der Waals surface area contributed by atoms with Crippen molar-refractivity contribution in [3.05, 3.63) is 29.8 Å². The molecule has 21 heavy (non-hydrogen) atoms. The fourth-order valence-electron chi connectivity index (χ4n) is 3.06. The van der Waals surface area contributed by atoms with Crippen molar-refractivity contribution in [3.8, 4) is 5.75 Å². The van der Waals surface area contributed by atoms with Crippen molar-refractivity contribution >= 4 is 5.91 Å². The molecule has 0 bridgehead atoms. The molecule has 2 atom stereocenters. The molecule has 1 aromatic carbocycles. The van der Waals surface area contributed by atoms with Crippen LogP contribution in [0.3, 0.4) is 0 Å². The SMILES string of the molecule is CCOc1ccc(C(=O)NCC2CCCCC2CN)cc1. The van der Waals surface area contributed by atoms with Gasteiger partial charge in [-0.2, -0.15) is 0 Å². The van der Waals surface area contributed by atoms with Gasteiger partial charge >= 0.3 is 0 Å². The lowest BCUT2D eigenvalue weighted by molar-refractivity contribution is 0.0935. The zero-order chi connectivity index (χ0) is 15.1. The third-order valence-electron chi connectivity index (χ3n) is 4.32. The summed E-state index contributed by atoms with van der Waals surface area (Å²) in [5, 5.41) is 3.05. The van der Waals surface area contributed by atoms with Crippen LogP contribution in [0.25, 0.3) is 0 Å². The molecule has 1 aliphatic carbocycles. The molecule has 4 heteroatoms. The second kappa shape index (κ2) is 8.03. The molecule has 0 saturated heterocycles. The van der Waals surface area contributed by atoms with Gasteiger partial charge in [-0.3, -0.25) is 4.79 Å². The smallest absolute Gasteiger partial charge is 0.251 e. The van der Waals surface area contributed by atoms with E-state index in [1.807, 2.05) is 31.2 Å². The molecule has 2 unspecified atom stereocenters. The average molecular weight is 290 g/mol. The van der Waals surface area contributed by atoms with Gasteiger partial charge in [0.15, 0.2) is 0 Å². The molecule has 1 aromatic rings. The van der Waals surface area contributed by atoms with E-state index in [9.17, 15) is 4.79 Å². The first-order valence-corrected chi connectivity index (χ1v) is 7.95. The number of hydrogen-bond acceptors (Lipinski definition) is 3. The molecule has 0 aromatic heterocycles. The second-order valence-electron chi connectivity index (χ2n) is 5.71. The van der Waals surface area contributed by atoms with Crippen molar-refractivity contribution in [2.75, 3.05) is 19.7 Å². The second-order valence-corrected chi connectivity index (χ2v) is 5.71. The zero-order valence-corrected chi connectivity index (χ0v) is 12.8. The van der Waals surface area contributed by atoms with Gasteiger partial charge < -0.3 is 15.8 Å². The highest BCUT2D eigenvalue weighted by Crippen LogP contribution is 2.28. The van der Waals surface area contributed by atoms with Crippen molar-refractivity contribution in [3.63, 3.8) is 0 Å². The number of benzene rings is 1. The van der Waals surface area contributed by atoms with Crippen LogP contribution in [-0.4, -0.2) is 25.6 Å². The zero-order valence-electron chi connectivity index (χ0n) is 12.8. The van der Waals surface area contributed by atoms with Crippen molar-refractivity contribution in [1.82, 2.24) is 5.32 Å². The molecule has 2 rings (SSSR count). The fourth-order valence-corrected chi connectivity index (χ4v) is 3.06. The predicted molar refractivity (Wildman–Crippen MR) is 84.4 cm³/mol. The Morgan fingerprint density at radius 3 is 2.52 bits per heavy atom. The number of hydrogen-bond donors (Lipinski definition) is 2. The van der Waals surface area contributed by atoms with E-state index in [2.05, 4.69) is 5.32 Å². The molecule has 1 saturated carbocycles. The first-order valence-electron chi connectivity index (χ1n) is 7.95. The van der Waals surface area contributed by atoms with E-state index >= 15 is 0 Å². The summed E-state index contributed by atoms with van der Waals surface area (Å²) < 4.78 is 5.38. The molecule has 116 valence electrons. The van der Waals surface area contributed by atoms with Gasteiger partial charge in [0, 0.05) is 12.1 Å². The van der Waals surface area contributed by atoms with Crippen molar-refractivity contribution < 1.29 is 9.53 Å². The first kappa shape index (κ1) is 15.8. The molecule has 3 N–H and O–H groups in total. The van der Waals surface area contributed by atoms with Gasteiger partial charge in [0.05, 0.1) is 6.61 Å². The van der Waals surface area contributed by atoms with Gasteiger partial charge in [-0.05, 0) is 62.4 Å². The summed E-state index contributed by atoms with van der Waals surface area (Å²) in [7, 11) is 0. The van der Waals surface area contributed by atoms with Crippen LogP contribution in [0, 0.1) is 11.8 Å². The summed E-state index contributed by atoms with van der Waals surface area (Å²) in [5.41, 5.74) is 6.51. The number of amides is 1. The lowest BCUT2D eigenvalue weighted by Gasteiger charge is -2.30. The van der Waals surface area contributed by atoms with Gasteiger partial charge in [-0.1, -0.05) is 12.8 Å². The minimum atomic E-state index is -0.0145. The Morgan fingerprint density at radius 2 is 1.90 bits per heavy atom. The van der Waals surface area contributed by atoms with Crippen LogP contribution in [0.5, 0.6) is 5.75 Å². The van der Waals surface area contributed by atoms with Crippen LogP contribution < -0.4 is 15.8 Å². The molecular weight excluding hydrogens is 264 g/mol. The maximum atomic E-state index is 12.2. The number of rotatable bonds is 6. The largest absolute Gasteiger partial charge is 0.494 e. The van der Waals surface area contributed by atoms with Crippen molar-refractivity contribution in [2.24, 2.45) is 17.6 Å². The molecule has 0 aliphatic heterocycles. The third-order valence-corrected chi connectivity index (χ3v) is 4.32. The number of carbonyl (C=O) groups excluding carboxylic acids is 1. The summed E-state index contributed by atoms with van der Waals surface area (Å²) in [4.78, 5) is 12.2. The van der Waals surface area contributed by atoms with Gasteiger partial charge in [-0.15, -0.1) is 0 Å². The molecule has 0 radical (unpaired) electrons. The van der Waals surface area contributed by atoms with Gasteiger partial charge in [0.2, 0.25) is 0 Å². The molecule has 1 fully saturated rings. The van der Waals surface area contributed by atoms with E-state index in [4.69, 9.17) is 10.5 Å². The van der Waals surface area contributed by atoms with Crippen LogP contribution in [-0.2, 0) is 0 Å². The van der Waals surface area contributed by atoms with Crippen LogP contribution in [0.2, 0.25) is 0 Å². The molecule has 1 amide bonds. The third kappa shape index (κ3) is 4.46. The Labute approximate surface area is 127 Å². The van der Waals surface area contributed by atoms with Gasteiger partial charge in [-0.25, -0.2) is 0 Å². The van der Waals surface area contributed by atoms with E-state index in [0.29, 0.717) is 24.0 Å². The number of nitrogens with two attached hydrogens (primary N) is 1. The summed E-state index contributed by atoms with van der Waals surface area (Å²) >= 11 is 0. The predicted octanol–water partition coefficient (Wildman–Crippen LogP) is 2.58. The van der Waals surface area contributed by atoms with Crippen LogP contribution in [0.1, 0.15) is 43.0 Å². The van der Waals surface area contributed by atoms with E-state index in [1.54, 1.807) is 0 Å². The molecular formula is C17H26N2O2. The number of carbonyl (C=O) groups is 1. The molecule has 1 aliphatic rings. The van der Waals surface area contributed by atoms with Crippen LogP contribution in [0.4, 0.5) is 0 Å². The summed E-state index contributed by atoms with van der Waals surface area (Å²) in [6.07, 6.45) is 4.89. The van der Waals surface area contributed by atoms with E-state index in [-0.39, 0.29) is 5.91 Å². The monoisotopic (exact) mass is 290 g/mol. The summed E-state index contributed by atoms with van der Waals surface area (Å²) in [5.74, 6) is 1.86. The standard InChI is InChI=1S/C17H26N2O2/c1-2-21-16-9-7-13(8-10-16)17(20)19-12-15-6-4-3-5-14(15)11-18/h7-10,14-15H,2-6,11-12,18H2,1H3,(H,19,20). The Kier molecular flexibility index (Phi) is 6.05. The highest BCUT2D eigenvalue weighted by molar-refractivity contribution is 5.94. The fraction of sp³-hybridized carbons (Fsp3) is 0.588. The van der Waals surface area contributed by atoms with E-state index in [0.717, 1.165) is 18.8 Å². The quantitative estimate of drug-likeness (QED) is 0.846. The topological polar surface area (TPSA) is 64.3 Å². The molecule has 0 heterocycles. The Balaban J connectivity index is 1.85. The Morgan fingerprint density at radius 1 is 1.24 bits per heavy atom. The summed E-state index contributed by atoms with van der Waals surface area (Å²) in [6.45, 7) is 4.03. The summed E-state index contributed by atoms with van der Waals surface area (Å²) in [6, 6.07) is 7.28. The highest BCUT2D eigenvalue weighted by atomic mass is 16.5. The van der Waals surface area contributed by atoms with Gasteiger partial charge in [0.25, 0.3) is 5.91 Å². The Bertz CT molecular complexity index is 445.